The second-order valence-corrected chi connectivity index (χ2v) is 7.40. The Kier molecular flexibility index (Phi) is 5.06. The van der Waals surface area contributed by atoms with Crippen LogP contribution in [-0.2, 0) is 0 Å². The molecule has 0 spiro atoms. The van der Waals surface area contributed by atoms with Gasteiger partial charge in [0.05, 0.1) is 0 Å². The van der Waals surface area contributed by atoms with Gasteiger partial charge in [-0.3, -0.25) is 9.59 Å². The molecule has 1 amide bonds. The number of fused-ring (bicyclic) bond motifs is 1. The first-order valence-electron chi connectivity index (χ1n) is 10.2. The molecule has 32 heavy (non-hydrogen) atoms. The molecule has 0 aliphatic carbocycles. The fraction of sp³-hybridized carbons (Fsp3) is 0.238. The van der Waals surface area contributed by atoms with Gasteiger partial charge in [0.25, 0.3) is 11.5 Å². The van der Waals surface area contributed by atoms with Crippen molar-refractivity contribution in [3.05, 3.63) is 70.7 Å². The maximum Gasteiger partial charge on any atom is 0.279 e. The van der Waals surface area contributed by atoms with Crippen LogP contribution in [0.5, 0.6) is 0 Å². The normalized spacial score (nSPS) is 14.5. The number of amides is 1. The highest BCUT2D eigenvalue weighted by atomic mass is 19.1. The first-order valence-corrected chi connectivity index (χ1v) is 10.2. The molecule has 0 saturated carbocycles. The van der Waals surface area contributed by atoms with Crippen molar-refractivity contribution in [1.82, 2.24) is 34.7 Å². The molecule has 1 fully saturated rings. The summed E-state index contributed by atoms with van der Waals surface area (Å²) in [6, 6.07) is 9.78. The van der Waals surface area contributed by atoms with Crippen molar-refractivity contribution in [1.29, 1.82) is 0 Å². The Morgan fingerprint density at radius 3 is 2.81 bits per heavy atom. The van der Waals surface area contributed by atoms with E-state index in [1.54, 1.807) is 27.6 Å². The van der Waals surface area contributed by atoms with Gasteiger partial charge in [-0.25, -0.2) is 9.37 Å². The van der Waals surface area contributed by atoms with Crippen molar-refractivity contribution in [3.8, 4) is 11.4 Å². The fourth-order valence-corrected chi connectivity index (χ4v) is 3.76. The van der Waals surface area contributed by atoms with Gasteiger partial charge >= 0.3 is 0 Å². The SMILES string of the molecule is O=C(c1ncc[nH]c1=O)N1CCCN(c2ccc3nnc(-c4cccc(F)c4)n3n2)CC1. The zero-order chi connectivity index (χ0) is 22.1. The first-order chi connectivity index (χ1) is 15.6. The highest BCUT2D eigenvalue weighted by Crippen LogP contribution is 2.21. The van der Waals surface area contributed by atoms with Gasteiger partial charge in [-0.05, 0) is 30.7 Å². The van der Waals surface area contributed by atoms with E-state index in [4.69, 9.17) is 0 Å². The monoisotopic (exact) mass is 434 g/mol. The van der Waals surface area contributed by atoms with Crippen LogP contribution >= 0.6 is 0 Å². The van der Waals surface area contributed by atoms with Crippen LogP contribution in [0.1, 0.15) is 16.9 Å². The Labute approximate surface area is 181 Å². The molecule has 162 valence electrons. The van der Waals surface area contributed by atoms with E-state index >= 15 is 0 Å². The molecule has 4 aromatic rings. The summed E-state index contributed by atoms with van der Waals surface area (Å²) >= 11 is 0. The Bertz CT molecular complexity index is 1350. The van der Waals surface area contributed by atoms with Crippen molar-refractivity contribution < 1.29 is 9.18 Å². The average Bonchev–Trinajstić information content (AvgIpc) is 3.07. The molecule has 5 rings (SSSR count). The lowest BCUT2D eigenvalue weighted by molar-refractivity contribution is 0.0759. The molecule has 1 saturated heterocycles. The van der Waals surface area contributed by atoms with Crippen LogP contribution in [-0.4, -0.2) is 66.8 Å². The summed E-state index contributed by atoms with van der Waals surface area (Å²) in [5.41, 5.74) is 0.525. The van der Waals surface area contributed by atoms with Crippen LogP contribution in [0, 0.1) is 5.82 Å². The summed E-state index contributed by atoms with van der Waals surface area (Å²) in [4.78, 5) is 34.8. The van der Waals surface area contributed by atoms with Crippen LogP contribution in [0.3, 0.4) is 0 Å². The molecule has 1 N–H and O–H groups in total. The van der Waals surface area contributed by atoms with Crippen LogP contribution in [0.25, 0.3) is 17.0 Å². The minimum atomic E-state index is -0.497. The van der Waals surface area contributed by atoms with Crippen molar-refractivity contribution in [2.45, 2.75) is 6.42 Å². The van der Waals surface area contributed by atoms with Gasteiger partial charge in [0, 0.05) is 44.1 Å². The van der Waals surface area contributed by atoms with Gasteiger partial charge in [-0.15, -0.1) is 15.3 Å². The highest BCUT2D eigenvalue weighted by molar-refractivity contribution is 5.91. The largest absolute Gasteiger partial charge is 0.353 e. The lowest BCUT2D eigenvalue weighted by atomic mass is 10.2. The van der Waals surface area contributed by atoms with Crippen LogP contribution in [0.2, 0.25) is 0 Å². The number of aromatic nitrogens is 6. The number of nitrogens with zero attached hydrogens (tertiary/aromatic N) is 7. The molecule has 1 aliphatic heterocycles. The van der Waals surface area contributed by atoms with E-state index < -0.39 is 5.56 Å². The number of carbonyl (C=O) groups is 1. The minimum absolute atomic E-state index is 0.107. The Balaban J connectivity index is 1.39. The summed E-state index contributed by atoms with van der Waals surface area (Å²) < 4.78 is 15.3. The number of hydrogen-bond acceptors (Lipinski definition) is 7. The molecule has 0 bridgehead atoms. The number of carbonyl (C=O) groups excluding carboxylic acids is 1. The number of rotatable bonds is 3. The Morgan fingerprint density at radius 1 is 1.06 bits per heavy atom. The maximum atomic E-state index is 13.7. The second kappa shape index (κ2) is 8.17. The molecule has 0 atom stereocenters. The van der Waals surface area contributed by atoms with E-state index in [1.807, 2.05) is 6.07 Å². The molecule has 1 aromatic carbocycles. The lowest BCUT2D eigenvalue weighted by Crippen LogP contribution is -2.38. The topological polar surface area (TPSA) is 112 Å². The Morgan fingerprint density at radius 2 is 1.97 bits per heavy atom. The molecular weight excluding hydrogens is 415 g/mol. The van der Waals surface area contributed by atoms with Gasteiger partial charge in [-0.2, -0.15) is 4.52 Å². The summed E-state index contributed by atoms with van der Waals surface area (Å²) in [6.45, 7) is 2.15. The van der Waals surface area contributed by atoms with Crippen molar-refractivity contribution in [2.75, 3.05) is 31.1 Å². The van der Waals surface area contributed by atoms with Gasteiger partial charge < -0.3 is 14.8 Å². The fourth-order valence-electron chi connectivity index (χ4n) is 3.76. The number of H-pyrrole nitrogens is 1. The van der Waals surface area contributed by atoms with E-state index in [9.17, 15) is 14.0 Å². The predicted octanol–water partition coefficient (Wildman–Crippen LogP) is 1.37. The summed E-state index contributed by atoms with van der Waals surface area (Å²) in [5, 5.41) is 13.0. The molecule has 11 heteroatoms. The van der Waals surface area contributed by atoms with Gasteiger partial charge in [0.1, 0.15) is 11.6 Å². The molecule has 0 unspecified atom stereocenters. The van der Waals surface area contributed by atoms with Crippen molar-refractivity contribution in [3.63, 3.8) is 0 Å². The molecule has 1 aliphatic rings. The predicted molar refractivity (Wildman–Crippen MR) is 114 cm³/mol. The first kappa shape index (κ1) is 19.8. The van der Waals surface area contributed by atoms with E-state index in [0.29, 0.717) is 55.5 Å². The van der Waals surface area contributed by atoms with E-state index in [2.05, 4.69) is 30.2 Å². The number of anilines is 1. The second-order valence-electron chi connectivity index (χ2n) is 7.40. The van der Waals surface area contributed by atoms with E-state index in [-0.39, 0.29) is 17.4 Å². The molecule has 10 nitrogen and oxygen atoms in total. The van der Waals surface area contributed by atoms with Gasteiger partial charge in [-0.1, -0.05) is 12.1 Å². The maximum absolute atomic E-state index is 13.7. The number of hydrogen-bond donors (Lipinski definition) is 1. The number of benzene rings is 1. The average molecular weight is 434 g/mol. The minimum Gasteiger partial charge on any atom is -0.353 e. The number of nitrogens with one attached hydrogen (secondary N) is 1. The summed E-state index contributed by atoms with van der Waals surface area (Å²) in [6.07, 6.45) is 3.50. The van der Waals surface area contributed by atoms with E-state index in [0.717, 1.165) is 0 Å². The van der Waals surface area contributed by atoms with Crippen LogP contribution in [0.4, 0.5) is 10.2 Å². The highest BCUT2D eigenvalue weighted by Gasteiger charge is 2.24. The van der Waals surface area contributed by atoms with Crippen molar-refractivity contribution >= 4 is 17.4 Å². The molecular formula is C21H19FN8O2. The molecule has 0 radical (unpaired) electrons. The lowest BCUT2D eigenvalue weighted by Gasteiger charge is -2.22. The van der Waals surface area contributed by atoms with Gasteiger partial charge in [0.2, 0.25) is 0 Å². The third-order valence-corrected chi connectivity index (χ3v) is 5.35. The molecule has 3 aromatic heterocycles. The smallest absolute Gasteiger partial charge is 0.279 e. The number of aromatic amines is 1. The molecule has 4 heterocycles. The van der Waals surface area contributed by atoms with Crippen molar-refractivity contribution in [2.24, 2.45) is 0 Å². The standard InChI is InChI=1S/C21H19FN8O2/c22-15-4-1-3-14(13-15)19-26-25-16-5-6-17(27-30(16)19)28-9-2-10-29(12-11-28)21(32)18-20(31)24-8-7-23-18/h1,3-8,13H,2,9-12H2,(H,24,31). The summed E-state index contributed by atoms with van der Waals surface area (Å²) in [7, 11) is 0. The zero-order valence-electron chi connectivity index (χ0n) is 17.0. The quantitative estimate of drug-likeness (QED) is 0.518. The van der Waals surface area contributed by atoms with E-state index in [1.165, 1.54) is 24.5 Å². The van der Waals surface area contributed by atoms with Crippen LogP contribution in [0.15, 0.2) is 53.6 Å². The van der Waals surface area contributed by atoms with Crippen LogP contribution < -0.4 is 10.5 Å². The summed E-state index contributed by atoms with van der Waals surface area (Å²) in [5.74, 6) is 0.394. The van der Waals surface area contributed by atoms with Gasteiger partial charge in [0.15, 0.2) is 17.2 Å². The number of halogens is 1. The Hall–Kier alpha value is -4.15. The third kappa shape index (κ3) is 3.68. The zero-order valence-corrected chi connectivity index (χ0v) is 17.0. The third-order valence-electron chi connectivity index (χ3n) is 5.35.